The summed E-state index contributed by atoms with van der Waals surface area (Å²) in [6.45, 7) is 2.79. The van der Waals surface area contributed by atoms with Gasteiger partial charge in [-0.1, -0.05) is 19.8 Å². The van der Waals surface area contributed by atoms with Crippen molar-refractivity contribution in [2.45, 2.75) is 57.1 Å². The van der Waals surface area contributed by atoms with Crippen LogP contribution in [0.5, 0.6) is 0 Å². The molecule has 3 rings (SSSR count). The van der Waals surface area contributed by atoms with Crippen LogP contribution in [-0.4, -0.2) is 34.4 Å². The van der Waals surface area contributed by atoms with E-state index in [2.05, 4.69) is 15.5 Å². The van der Waals surface area contributed by atoms with E-state index < -0.39 is 0 Å². The molecule has 1 unspecified atom stereocenters. The molecular formula is C14H21N3O2. The van der Waals surface area contributed by atoms with Crippen molar-refractivity contribution in [3.8, 4) is 0 Å². The molecule has 1 amide bonds. The molecule has 1 aliphatic heterocycles. The van der Waals surface area contributed by atoms with Crippen molar-refractivity contribution in [3.05, 3.63) is 17.5 Å². The highest BCUT2D eigenvalue weighted by Crippen LogP contribution is 2.41. The number of nitrogens with zero attached hydrogens (tertiary/aromatic N) is 1. The average Bonchev–Trinajstić information content (AvgIpc) is 3.14. The van der Waals surface area contributed by atoms with E-state index in [9.17, 15) is 4.79 Å². The van der Waals surface area contributed by atoms with Crippen molar-refractivity contribution in [2.24, 2.45) is 0 Å². The first kappa shape index (κ1) is 12.7. The number of rotatable bonds is 3. The minimum absolute atomic E-state index is 0.0854. The maximum Gasteiger partial charge on any atom is 0.272 e. The average molecular weight is 263 g/mol. The SMILES string of the molecule is CCc1cc(C(=O)NC2CCOC23CCCC3)n[nH]1. The summed E-state index contributed by atoms with van der Waals surface area (Å²) in [4.78, 5) is 12.2. The Balaban J connectivity index is 1.68. The zero-order valence-corrected chi connectivity index (χ0v) is 11.4. The van der Waals surface area contributed by atoms with Crippen LogP contribution in [0.15, 0.2) is 6.07 Å². The van der Waals surface area contributed by atoms with Crippen molar-refractivity contribution in [3.63, 3.8) is 0 Å². The summed E-state index contributed by atoms with van der Waals surface area (Å²) in [5.41, 5.74) is 1.37. The lowest BCUT2D eigenvalue weighted by atomic mass is 9.92. The first-order valence-corrected chi connectivity index (χ1v) is 7.22. The van der Waals surface area contributed by atoms with E-state index in [-0.39, 0.29) is 17.6 Å². The first-order chi connectivity index (χ1) is 9.23. The lowest BCUT2D eigenvalue weighted by molar-refractivity contribution is -0.00404. The molecule has 1 spiro atoms. The van der Waals surface area contributed by atoms with Gasteiger partial charge in [-0.05, 0) is 31.7 Å². The molecule has 19 heavy (non-hydrogen) atoms. The molecule has 1 atom stereocenters. The molecule has 0 aromatic carbocycles. The van der Waals surface area contributed by atoms with E-state index in [0.717, 1.165) is 38.0 Å². The Bertz CT molecular complexity index is 458. The molecule has 0 bridgehead atoms. The van der Waals surface area contributed by atoms with Gasteiger partial charge in [-0.2, -0.15) is 5.10 Å². The molecule has 0 radical (unpaired) electrons. The van der Waals surface area contributed by atoms with Gasteiger partial charge < -0.3 is 10.1 Å². The standard InChI is InChI=1S/C14H21N3O2/c1-2-10-9-11(17-16-10)13(18)15-12-5-8-19-14(12)6-3-4-7-14/h9,12H,2-8H2,1H3,(H,15,18)(H,16,17). The number of aromatic amines is 1. The third kappa shape index (κ3) is 2.27. The lowest BCUT2D eigenvalue weighted by Gasteiger charge is -2.30. The van der Waals surface area contributed by atoms with Crippen LogP contribution in [-0.2, 0) is 11.2 Å². The van der Waals surface area contributed by atoms with Crippen molar-refractivity contribution in [1.29, 1.82) is 0 Å². The minimum atomic E-state index is -0.0977. The second-order valence-electron chi connectivity index (χ2n) is 5.57. The Kier molecular flexibility index (Phi) is 3.31. The molecule has 1 saturated heterocycles. The van der Waals surface area contributed by atoms with E-state index in [4.69, 9.17) is 4.74 Å². The third-order valence-corrected chi connectivity index (χ3v) is 4.43. The normalized spacial score (nSPS) is 25.0. The molecule has 2 heterocycles. The van der Waals surface area contributed by atoms with Crippen LogP contribution < -0.4 is 5.32 Å². The molecule has 1 saturated carbocycles. The van der Waals surface area contributed by atoms with Crippen LogP contribution in [0.2, 0.25) is 0 Å². The van der Waals surface area contributed by atoms with E-state index in [0.29, 0.717) is 5.69 Å². The van der Waals surface area contributed by atoms with Gasteiger partial charge in [0.05, 0.1) is 11.6 Å². The van der Waals surface area contributed by atoms with Crippen molar-refractivity contribution in [1.82, 2.24) is 15.5 Å². The van der Waals surface area contributed by atoms with Gasteiger partial charge in [0.1, 0.15) is 5.69 Å². The maximum absolute atomic E-state index is 12.2. The topological polar surface area (TPSA) is 67.0 Å². The lowest BCUT2D eigenvalue weighted by Crippen LogP contribution is -2.48. The summed E-state index contributed by atoms with van der Waals surface area (Å²) >= 11 is 0. The Labute approximate surface area is 113 Å². The zero-order valence-electron chi connectivity index (χ0n) is 11.4. The number of hydrogen-bond acceptors (Lipinski definition) is 3. The van der Waals surface area contributed by atoms with Crippen LogP contribution in [0.3, 0.4) is 0 Å². The molecule has 5 heteroatoms. The summed E-state index contributed by atoms with van der Waals surface area (Å²) in [5.74, 6) is -0.0854. The number of nitrogens with one attached hydrogen (secondary N) is 2. The predicted octanol–water partition coefficient (Wildman–Crippen LogP) is 1.80. The largest absolute Gasteiger partial charge is 0.373 e. The van der Waals surface area contributed by atoms with Gasteiger partial charge in [0.2, 0.25) is 0 Å². The van der Waals surface area contributed by atoms with Gasteiger partial charge in [-0.15, -0.1) is 0 Å². The molecular weight excluding hydrogens is 242 g/mol. The van der Waals surface area contributed by atoms with E-state index in [1.165, 1.54) is 12.8 Å². The molecule has 2 fully saturated rings. The van der Waals surface area contributed by atoms with Gasteiger partial charge in [-0.25, -0.2) is 0 Å². The number of amides is 1. The molecule has 104 valence electrons. The molecule has 2 aliphatic rings. The fourth-order valence-electron chi connectivity index (χ4n) is 3.30. The molecule has 1 aromatic rings. The quantitative estimate of drug-likeness (QED) is 0.874. The van der Waals surface area contributed by atoms with E-state index in [1.54, 1.807) is 0 Å². The summed E-state index contributed by atoms with van der Waals surface area (Å²) in [6, 6.07) is 1.97. The van der Waals surface area contributed by atoms with Crippen LogP contribution in [0, 0.1) is 0 Å². The number of carbonyl (C=O) groups is 1. The smallest absolute Gasteiger partial charge is 0.272 e. The minimum Gasteiger partial charge on any atom is -0.373 e. The highest BCUT2D eigenvalue weighted by atomic mass is 16.5. The highest BCUT2D eigenvalue weighted by Gasteiger charge is 2.46. The van der Waals surface area contributed by atoms with Crippen LogP contribution in [0.4, 0.5) is 0 Å². The van der Waals surface area contributed by atoms with Crippen molar-refractivity contribution >= 4 is 5.91 Å². The summed E-state index contributed by atoms with van der Waals surface area (Å²) < 4.78 is 5.93. The number of H-pyrrole nitrogens is 1. The Morgan fingerprint density at radius 2 is 2.37 bits per heavy atom. The van der Waals surface area contributed by atoms with E-state index in [1.807, 2.05) is 13.0 Å². The number of carbonyl (C=O) groups excluding carboxylic acids is 1. The summed E-state index contributed by atoms with van der Waals surface area (Å²) in [5, 5.41) is 10.1. The van der Waals surface area contributed by atoms with Crippen LogP contribution >= 0.6 is 0 Å². The first-order valence-electron chi connectivity index (χ1n) is 7.22. The monoisotopic (exact) mass is 263 g/mol. The maximum atomic E-state index is 12.2. The van der Waals surface area contributed by atoms with Crippen molar-refractivity contribution < 1.29 is 9.53 Å². The number of hydrogen-bond donors (Lipinski definition) is 2. The molecule has 1 aliphatic carbocycles. The summed E-state index contributed by atoms with van der Waals surface area (Å²) in [6.07, 6.45) is 6.31. The fourth-order valence-corrected chi connectivity index (χ4v) is 3.30. The second-order valence-corrected chi connectivity index (χ2v) is 5.57. The number of ether oxygens (including phenoxy) is 1. The molecule has 5 nitrogen and oxygen atoms in total. The van der Waals surface area contributed by atoms with Crippen molar-refractivity contribution in [2.75, 3.05) is 6.61 Å². The Morgan fingerprint density at radius 3 is 3.05 bits per heavy atom. The Morgan fingerprint density at radius 1 is 1.58 bits per heavy atom. The van der Waals surface area contributed by atoms with Gasteiger partial charge in [0.25, 0.3) is 5.91 Å². The van der Waals surface area contributed by atoms with E-state index >= 15 is 0 Å². The van der Waals surface area contributed by atoms with Crippen LogP contribution in [0.1, 0.15) is 55.2 Å². The predicted molar refractivity (Wildman–Crippen MR) is 71.0 cm³/mol. The van der Waals surface area contributed by atoms with Gasteiger partial charge in [0.15, 0.2) is 0 Å². The van der Waals surface area contributed by atoms with Gasteiger partial charge in [0, 0.05) is 12.3 Å². The second kappa shape index (κ2) is 4.96. The van der Waals surface area contributed by atoms with Gasteiger partial charge >= 0.3 is 0 Å². The van der Waals surface area contributed by atoms with Gasteiger partial charge in [-0.3, -0.25) is 9.89 Å². The van der Waals surface area contributed by atoms with Crippen LogP contribution in [0.25, 0.3) is 0 Å². The number of aromatic nitrogens is 2. The zero-order chi connectivity index (χ0) is 13.3. The molecule has 2 N–H and O–H groups in total. The highest BCUT2D eigenvalue weighted by molar-refractivity contribution is 5.92. The molecule has 1 aromatic heterocycles. The third-order valence-electron chi connectivity index (χ3n) is 4.43. The number of aryl methyl sites for hydroxylation is 1. The summed E-state index contributed by atoms with van der Waals surface area (Å²) in [7, 11) is 0. The Hall–Kier alpha value is -1.36. The fraction of sp³-hybridized carbons (Fsp3) is 0.714.